The molecule has 1 heterocycles. The van der Waals surface area contributed by atoms with Crippen LogP contribution in [-0.4, -0.2) is 24.9 Å². The van der Waals surface area contributed by atoms with Gasteiger partial charge in [0.25, 0.3) is 0 Å². The summed E-state index contributed by atoms with van der Waals surface area (Å²) in [7, 11) is 3.05. The number of rotatable bonds is 1. The van der Waals surface area contributed by atoms with Crippen molar-refractivity contribution in [2.75, 3.05) is 14.1 Å². The van der Waals surface area contributed by atoms with Crippen molar-refractivity contribution in [3.8, 4) is 0 Å². The third kappa shape index (κ3) is 3.37. The highest BCUT2D eigenvalue weighted by molar-refractivity contribution is 5.96. The largest absolute Gasteiger partial charge is 0.416 e. The second kappa shape index (κ2) is 5.69. The van der Waals surface area contributed by atoms with Crippen molar-refractivity contribution >= 4 is 18.2 Å². The number of hydrogen-bond acceptors (Lipinski definition) is 2. The molecule has 0 aliphatic carbocycles. The van der Waals surface area contributed by atoms with Gasteiger partial charge in [0.1, 0.15) is 11.5 Å². The monoisotopic (exact) mass is 253 g/mol. The number of nitrogens with one attached hydrogen (secondary N) is 1. The summed E-state index contributed by atoms with van der Waals surface area (Å²) in [6, 6.07) is 1.88. The first-order chi connectivity index (χ1) is 6.99. The Morgan fingerprint density at radius 2 is 2.06 bits per heavy atom. The maximum absolute atomic E-state index is 12.4. The van der Waals surface area contributed by atoms with E-state index in [0.717, 1.165) is 18.3 Å². The molecule has 90 valence electrons. The fourth-order valence-corrected chi connectivity index (χ4v) is 1.09. The number of pyridine rings is 1. The van der Waals surface area contributed by atoms with E-state index in [0.29, 0.717) is 5.84 Å². The number of amidine groups is 1. The molecule has 1 N–H and O–H groups in total. The van der Waals surface area contributed by atoms with Crippen molar-refractivity contribution in [1.29, 1.82) is 0 Å². The summed E-state index contributed by atoms with van der Waals surface area (Å²) in [4.78, 5) is 7.58. The molecule has 0 spiro atoms. The van der Waals surface area contributed by atoms with Gasteiger partial charge in [-0.25, -0.2) is 0 Å². The molecule has 0 unspecified atom stereocenters. The zero-order chi connectivity index (χ0) is 11.5. The molecule has 1 aromatic heterocycles. The Labute approximate surface area is 97.2 Å². The molecule has 7 heteroatoms. The lowest BCUT2D eigenvalue weighted by Gasteiger charge is -2.08. The van der Waals surface area contributed by atoms with Crippen LogP contribution in [0.5, 0.6) is 0 Å². The van der Waals surface area contributed by atoms with E-state index < -0.39 is 11.7 Å². The molecule has 3 nitrogen and oxygen atoms in total. The van der Waals surface area contributed by atoms with E-state index in [9.17, 15) is 13.2 Å². The Kier molecular flexibility index (Phi) is 5.23. The predicted octanol–water partition coefficient (Wildman–Crippen LogP) is 2.12. The van der Waals surface area contributed by atoms with Gasteiger partial charge in [0.2, 0.25) is 0 Å². The summed E-state index contributed by atoms with van der Waals surface area (Å²) in [6.45, 7) is 0. The second-order valence-corrected chi connectivity index (χ2v) is 2.75. The van der Waals surface area contributed by atoms with Gasteiger partial charge >= 0.3 is 6.18 Å². The summed E-state index contributed by atoms with van der Waals surface area (Å²) in [5.74, 6) is 0.320. The van der Waals surface area contributed by atoms with E-state index in [1.807, 2.05) is 0 Å². The molecule has 0 bridgehead atoms. The van der Waals surface area contributed by atoms with Crippen molar-refractivity contribution in [1.82, 2.24) is 10.3 Å². The second-order valence-electron chi connectivity index (χ2n) is 2.75. The third-order valence-corrected chi connectivity index (χ3v) is 1.79. The van der Waals surface area contributed by atoms with Crippen LogP contribution in [0.15, 0.2) is 23.3 Å². The summed E-state index contributed by atoms with van der Waals surface area (Å²) in [5.41, 5.74) is -0.557. The van der Waals surface area contributed by atoms with Crippen LogP contribution < -0.4 is 5.32 Å². The first-order valence-corrected chi connectivity index (χ1v) is 4.17. The van der Waals surface area contributed by atoms with Crippen molar-refractivity contribution in [3.05, 3.63) is 29.6 Å². The normalized spacial score (nSPS) is 11.9. The van der Waals surface area contributed by atoms with Crippen LogP contribution in [0.25, 0.3) is 0 Å². The van der Waals surface area contributed by atoms with Crippen LogP contribution in [0, 0.1) is 0 Å². The highest BCUT2D eigenvalue weighted by Crippen LogP contribution is 2.28. The zero-order valence-corrected chi connectivity index (χ0v) is 9.49. The lowest BCUT2D eigenvalue weighted by molar-refractivity contribution is -0.137. The molecule has 0 fully saturated rings. The van der Waals surface area contributed by atoms with Gasteiger partial charge in [-0.05, 0) is 12.1 Å². The van der Waals surface area contributed by atoms with Gasteiger partial charge in [-0.2, -0.15) is 13.2 Å². The maximum Gasteiger partial charge on any atom is 0.416 e. The van der Waals surface area contributed by atoms with Crippen LogP contribution in [0.3, 0.4) is 0 Å². The highest BCUT2D eigenvalue weighted by Gasteiger charge is 2.30. The number of nitrogens with zero attached hydrogens (tertiary/aromatic N) is 2. The first-order valence-electron chi connectivity index (χ1n) is 4.17. The Morgan fingerprint density at radius 3 is 2.50 bits per heavy atom. The fourth-order valence-electron chi connectivity index (χ4n) is 1.09. The van der Waals surface area contributed by atoms with Crippen LogP contribution in [0.4, 0.5) is 13.2 Å². The van der Waals surface area contributed by atoms with Gasteiger partial charge in [0.15, 0.2) is 0 Å². The van der Waals surface area contributed by atoms with Crippen LogP contribution in [-0.2, 0) is 6.18 Å². The number of halogens is 4. The zero-order valence-electron chi connectivity index (χ0n) is 8.67. The van der Waals surface area contributed by atoms with Gasteiger partial charge in [-0.1, -0.05) is 0 Å². The fraction of sp³-hybridized carbons (Fsp3) is 0.333. The van der Waals surface area contributed by atoms with E-state index in [4.69, 9.17) is 0 Å². The summed E-state index contributed by atoms with van der Waals surface area (Å²) in [5, 5.41) is 2.67. The standard InChI is InChI=1S/C9H10F3N3.ClH/c1-13-8(14-2)7-5-6(3-4-15-7)9(10,11)12;/h3-5H,1-2H3,(H,13,14);1H. The highest BCUT2D eigenvalue weighted by atomic mass is 35.5. The quantitative estimate of drug-likeness (QED) is 0.615. The number of aromatic nitrogens is 1. The smallest absolute Gasteiger partial charge is 0.372 e. The molecular formula is C9H11ClF3N3. The molecule has 0 atom stereocenters. The number of hydrogen-bond donors (Lipinski definition) is 1. The van der Waals surface area contributed by atoms with Gasteiger partial charge in [-0.15, -0.1) is 12.4 Å². The van der Waals surface area contributed by atoms with Crippen LogP contribution in [0.2, 0.25) is 0 Å². The number of alkyl halides is 3. The minimum atomic E-state index is -4.36. The number of aliphatic imine (C=N–C) groups is 1. The Hall–Kier alpha value is -1.30. The van der Waals surface area contributed by atoms with E-state index in [-0.39, 0.29) is 18.1 Å². The Morgan fingerprint density at radius 1 is 1.44 bits per heavy atom. The van der Waals surface area contributed by atoms with Gasteiger partial charge < -0.3 is 5.32 Å². The average molecular weight is 254 g/mol. The topological polar surface area (TPSA) is 37.3 Å². The molecule has 0 amide bonds. The molecule has 0 saturated carbocycles. The lowest BCUT2D eigenvalue weighted by atomic mass is 10.2. The molecule has 1 aromatic rings. The van der Waals surface area contributed by atoms with Crippen molar-refractivity contribution in [2.45, 2.75) is 6.18 Å². The molecule has 1 rings (SSSR count). The molecular weight excluding hydrogens is 243 g/mol. The van der Waals surface area contributed by atoms with Gasteiger partial charge in [0, 0.05) is 20.3 Å². The van der Waals surface area contributed by atoms with E-state index in [1.54, 1.807) is 7.05 Å². The minimum Gasteiger partial charge on any atom is -0.372 e. The molecule has 0 aromatic carbocycles. The molecule has 0 saturated heterocycles. The summed E-state index contributed by atoms with van der Waals surface area (Å²) < 4.78 is 37.1. The van der Waals surface area contributed by atoms with E-state index >= 15 is 0 Å². The summed E-state index contributed by atoms with van der Waals surface area (Å²) in [6.07, 6.45) is -3.25. The average Bonchev–Trinajstić information content (AvgIpc) is 2.19. The SMILES string of the molecule is C/N=C(\NC)c1cc(C(F)(F)F)ccn1.Cl. The predicted molar refractivity (Wildman–Crippen MR) is 58.0 cm³/mol. The van der Waals surface area contributed by atoms with Crippen molar-refractivity contribution in [2.24, 2.45) is 4.99 Å². The Bertz CT molecular complexity index is 377. The molecule has 0 aliphatic heterocycles. The maximum atomic E-state index is 12.4. The van der Waals surface area contributed by atoms with E-state index in [2.05, 4.69) is 15.3 Å². The lowest BCUT2D eigenvalue weighted by Crippen LogP contribution is -2.21. The van der Waals surface area contributed by atoms with Crippen LogP contribution in [0.1, 0.15) is 11.3 Å². The first kappa shape index (κ1) is 14.7. The third-order valence-electron chi connectivity index (χ3n) is 1.79. The van der Waals surface area contributed by atoms with Crippen LogP contribution >= 0.6 is 12.4 Å². The molecule has 0 aliphatic rings. The summed E-state index contributed by atoms with van der Waals surface area (Å²) >= 11 is 0. The Balaban J connectivity index is 0.00000225. The van der Waals surface area contributed by atoms with Crippen molar-refractivity contribution < 1.29 is 13.2 Å². The van der Waals surface area contributed by atoms with E-state index in [1.165, 1.54) is 7.05 Å². The van der Waals surface area contributed by atoms with Gasteiger partial charge in [0.05, 0.1) is 5.56 Å². The van der Waals surface area contributed by atoms with Crippen molar-refractivity contribution in [3.63, 3.8) is 0 Å². The van der Waals surface area contributed by atoms with Gasteiger partial charge in [-0.3, -0.25) is 9.98 Å². The molecule has 0 radical (unpaired) electrons. The molecule has 16 heavy (non-hydrogen) atoms. The minimum absolute atomic E-state index is 0.